The van der Waals surface area contributed by atoms with E-state index >= 15 is 0 Å². The summed E-state index contributed by atoms with van der Waals surface area (Å²) in [6.07, 6.45) is -3.30. The molecule has 0 radical (unpaired) electrons. The number of carbonyl (C=O) groups is 2. The molecule has 1 heterocycles. The highest BCUT2D eigenvalue weighted by atomic mass is 19.4. The van der Waals surface area contributed by atoms with Gasteiger partial charge in [-0.2, -0.15) is 13.2 Å². The molecule has 0 amide bonds. The Balaban J connectivity index is 1.70. The van der Waals surface area contributed by atoms with Gasteiger partial charge in [0.25, 0.3) is 0 Å². The SMILES string of the molecule is CC(F)(c1ccc2c(c1)CC[C@H]1N(CC(=O)CCC(=O)O)CC[C@@]21Cc1ccc(F)cc1)C(F)(F)F. The van der Waals surface area contributed by atoms with Crippen molar-refractivity contribution in [3.05, 3.63) is 70.5 Å². The number of carboxylic acid groups (broad SMARTS) is 1. The molecule has 1 aliphatic carbocycles. The number of Topliss-reactive ketones (excluding diaryl/α,β-unsaturated/α-hetero) is 1. The molecule has 1 fully saturated rings. The van der Waals surface area contributed by atoms with Crippen LogP contribution in [0.1, 0.15) is 54.9 Å². The summed E-state index contributed by atoms with van der Waals surface area (Å²) in [7, 11) is 0. The third-order valence-corrected chi connectivity index (χ3v) is 7.76. The van der Waals surface area contributed by atoms with Crippen LogP contribution in [-0.2, 0) is 33.5 Å². The molecule has 0 spiro atoms. The van der Waals surface area contributed by atoms with E-state index in [1.807, 2.05) is 4.90 Å². The number of aryl methyl sites for hydroxylation is 1. The predicted molar refractivity (Wildman–Crippen MR) is 123 cm³/mol. The molecule has 194 valence electrons. The number of carbonyl (C=O) groups excluding carboxylic acids is 1. The van der Waals surface area contributed by atoms with Crippen LogP contribution in [-0.4, -0.2) is 47.1 Å². The van der Waals surface area contributed by atoms with Crippen LogP contribution in [0.15, 0.2) is 42.5 Å². The van der Waals surface area contributed by atoms with Crippen LogP contribution >= 0.6 is 0 Å². The van der Waals surface area contributed by atoms with Gasteiger partial charge in [-0.1, -0.05) is 30.3 Å². The Labute approximate surface area is 206 Å². The zero-order valence-electron chi connectivity index (χ0n) is 19.9. The van der Waals surface area contributed by atoms with E-state index in [1.165, 1.54) is 24.3 Å². The Morgan fingerprint density at radius 3 is 2.42 bits per heavy atom. The third kappa shape index (κ3) is 4.90. The van der Waals surface area contributed by atoms with Crippen molar-refractivity contribution in [2.45, 2.75) is 68.8 Å². The summed E-state index contributed by atoms with van der Waals surface area (Å²) in [5.74, 6) is -1.61. The summed E-state index contributed by atoms with van der Waals surface area (Å²) in [5.41, 5.74) is -2.15. The summed E-state index contributed by atoms with van der Waals surface area (Å²) in [6, 6.07) is 10.0. The summed E-state index contributed by atoms with van der Waals surface area (Å²) in [6.45, 7) is 1.16. The van der Waals surface area contributed by atoms with Gasteiger partial charge in [0.15, 0.2) is 0 Å². The van der Waals surface area contributed by atoms with Crippen LogP contribution in [0, 0.1) is 5.82 Å². The highest BCUT2D eigenvalue weighted by molar-refractivity contribution is 5.84. The topological polar surface area (TPSA) is 57.6 Å². The molecule has 1 aliphatic heterocycles. The predicted octanol–water partition coefficient (Wildman–Crippen LogP) is 5.51. The summed E-state index contributed by atoms with van der Waals surface area (Å²) in [4.78, 5) is 25.4. The third-order valence-electron chi connectivity index (χ3n) is 7.76. The number of rotatable bonds is 8. The van der Waals surface area contributed by atoms with Gasteiger partial charge >= 0.3 is 12.1 Å². The van der Waals surface area contributed by atoms with Crippen molar-refractivity contribution in [2.75, 3.05) is 13.1 Å². The van der Waals surface area contributed by atoms with E-state index in [9.17, 15) is 31.5 Å². The molecule has 2 aromatic rings. The molecule has 2 aliphatic rings. The fraction of sp³-hybridized carbons (Fsp3) is 0.481. The van der Waals surface area contributed by atoms with Gasteiger partial charge < -0.3 is 5.11 Å². The number of likely N-dealkylation sites (tertiary alicyclic amines) is 1. The van der Waals surface area contributed by atoms with Gasteiger partial charge in [-0.05, 0) is 73.5 Å². The molecule has 0 bridgehead atoms. The first-order valence-corrected chi connectivity index (χ1v) is 11.9. The molecule has 36 heavy (non-hydrogen) atoms. The zero-order chi connectivity index (χ0) is 26.3. The summed E-state index contributed by atoms with van der Waals surface area (Å²) >= 11 is 0. The normalized spacial score (nSPS) is 23.6. The number of hydrogen-bond donors (Lipinski definition) is 1. The van der Waals surface area contributed by atoms with E-state index in [0.29, 0.717) is 44.7 Å². The van der Waals surface area contributed by atoms with Crippen molar-refractivity contribution in [2.24, 2.45) is 0 Å². The standard InChI is InChI=1S/C27H28F5NO3/c1-25(29,27(30,31)32)19-5-9-22-18(14-19)4-10-23-26(22,15-17-2-6-20(28)7-3-17)12-13-33(23)16-21(34)8-11-24(35)36/h2-3,5-7,9,14,23H,4,8,10-13,15-16H2,1H3,(H,35,36)/t23-,25?,26-/m1/s1. The maximum Gasteiger partial charge on any atom is 0.426 e. The lowest BCUT2D eigenvalue weighted by Crippen LogP contribution is -2.48. The fourth-order valence-electron chi connectivity index (χ4n) is 5.83. The Bertz CT molecular complexity index is 1150. The number of halogens is 5. The minimum Gasteiger partial charge on any atom is -0.481 e. The van der Waals surface area contributed by atoms with Gasteiger partial charge in [0.05, 0.1) is 13.0 Å². The quantitative estimate of drug-likeness (QED) is 0.477. The minimum absolute atomic E-state index is 0.0734. The lowest BCUT2D eigenvalue weighted by molar-refractivity contribution is -0.228. The summed E-state index contributed by atoms with van der Waals surface area (Å²) in [5, 5.41) is 8.88. The number of fused-ring (bicyclic) bond motifs is 3. The van der Waals surface area contributed by atoms with Crippen LogP contribution in [0.2, 0.25) is 0 Å². The lowest BCUT2D eigenvalue weighted by atomic mass is 9.63. The number of ketones is 1. The second kappa shape index (κ2) is 9.57. The average Bonchev–Trinajstić information content (AvgIpc) is 3.16. The monoisotopic (exact) mass is 509 g/mol. The first kappa shape index (κ1) is 26.3. The van der Waals surface area contributed by atoms with Crippen molar-refractivity contribution >= 4 is 11.8 Å². The highest BCUT2D eigenvalue weighted by Crippen LogP contribution is 2.50. The van der Waals surface area contributed by atoms with E-state index in [1.54, 1.807) is 18.2 Å². The molecule has 2 aromatic carbocycles. The van der Waals surface area contributed by atoms with Crippen LogP contribution in [0.25, 0.3) is 0 Å². The van der Waals surface area contributed by atoms with E-state index in [4.69, 9.17) is 5.11 Å². The molecule has 0 saturated carbocycles. The Morgan fingerprint density at radius 2 is 1.78 bits per heavy atom. The molecule has 0 aromatic heterocycles. The summed E-state index contributed by atoms with van der Waals surface area (Å²) < 4.78 is 68.4. The zero-order valence-corrected chi connectivity index (χ0v) is 19.9. The van der Waals surface area contributed by atoms with Crippen LogP contribution in [0.3, 0.4) is 0 Å². The highest BCUT2D eigenvalue weighted by Gasteiger charge is 2.55. The molecule has 4 nitrogen and oxygen atoms in total. The Morgan fingerprint density at radius 1 is 1.08 bits per heavy atom. The first-order valence-electron chi connectivity index (χ1n) is 11.9. The number of alkyl halides is 4. The largest absolute Gasteiger partial charge is 0.481 e. The maximum absolute atomic E-state index is 14.7. The van der Waals surface area contributed by atoms with Crippen molar-refractivity contribution in [1.29, 1.82) is 0 Å². The van der Waals surface area contributed by atoms with Gasteiger partial charge in [0.2, 0.25) is 5.67 Å². The molecular weight excluding hydrogens is 481 g/mol. The van der Waals surface area contributed by atoms with Crippen LogP contribution in [0.5, 0.6) is 0 Å². The van der Waals surface area contributed by atoms with Gasteiger partial charge in [-0.25, -0.2) is 8.78 Å². The fourth-order valence-corrected chi connectivity index (χ4v) is 5.83. The minimum atomic E-state index is -5.05. The number of nitrogens with zero attached hydrogens (tertiary/aromatic N) is 1. The smallest absolute Gasteiger partial charge is 0.426 e. The number of benzene rings is 2. The van der Waals surface area contributed by atoms with Crippen LogP contribution < -0.4 is 0 Å². The maximum atomic E-state index is 14.7. The molecule has 4 rings (SSSR count). The van der Waals surface area contributed by atoms with Gasteiger partial charge in [0, 0.05) is 17.9 Å². The second-order valence-corrected chi connectivity index (χ2v) is 10.0. The lowest BCUT2D eigenvalue weighted by Gasteiger charge is -2.44. The van der Waals surface area contributed by atoms with Crippen molar-refractivity contribution in [1.82, 2.24) is 4.90 Å². The Kier molecular flexibility index (Phi) is 6.98. The van der Waals surface area contributed by atoms with Crippen molar-refractivity contribution in [3.8, 4) is 0 Å². The van der Waals surface area contributed by atoms with Crippen molar-refractivity contribution < 1.29 is 36.6 Å². The molecule has 1 saturated heterocycles. The van der Waals surface area contributed by atoms with E-state index in [-0.39, 0.29) is 37.0 Å². The first-order chi connectivity index (χ1) is 16.8. The van der Waals surface area contributed by atoms with E-state index in [2.05, 4.69) is 0 Å². The van der Waals surface area contributed by atoms with E-state index in [0.717, 1.165) is 11.1 Å². The van der Waals surface area contributed by atoms with Gasteiger partial charge in [-0.15, -0.1) is 0 Å². The second-order valence-electron chi connectivity index (χ2n) is 10.0. The van der Waals surface area contributed by atoms with Gasteiger partial charge in [0.1, 0.15) is 11.6 Å². The molecule has 9 heteroatoms. The number of carboxylic acids is 1. The molecule has 3 atom stereocenters. The molecule has 1 N–H and O–H groups in total. The number of hydrogen-bond acceptors (Lipinski definition) is 3. The van der Waals surface area contributed by atoms with E-state index < -0.39 is 28.8 Å². The number of aliphatic carboxylic acids is 1. The average molecular weight is 510 g/mol. The Hall–Kier alpha value is -2.81. The van der Waals surface area contributed by atoms with Crippen LogP contribution in [0.4, 0.5) is 22.0 Å². The molecular formula is C27H28F5NO3. The molecule has 1 unspecified atom stereocenters. The van der Waals surface area contributed by atoms with Gasteiger partial charge in [-0.3, -0.25) is 14.5 Å². The van der Waals surface area contributed by atoms with Crippen molar-refractivity contribution in [3.63, 3.8) is 0 Å².